The summed E-state index contributed by atoms with van der Waals surface area (Å²) in [7, 11) is 0. The maximum Gasteiger partial charge on any atom is 0.307 e. The van der Waals surface area contributed by atoms with Crippen LogP contribution in [0.5, 0.6) is 0 Å². The van der Waals surface area contributed by atoms with Gasteiger partial charge in [0.1, 0.15) is 5.78 Å². The molecule has 0 aliphatic heterocycles. The molecule has 0 aromatic heterocycles. The molecule has 3 nitrogen and oxygen atoms in total. The molecule has 0 aromatic rings. The highest BCUT2D eigenvalue weighted by molar-refractivity contribution is 5.84. The van der Waals surface area contributed by atoms with Gasteiger partial charge in [-0.1, -0.05) is 26.7 Å². The number of carbonyl (C=O) groups is 2. The smallest absolute Gasteiger partial charge is 0.307 e. The van der Waals surface area contributed by atoms with Crippen molar-refractivity contribution in [2.24, 2.45) is 29.6 Å². The second kappa shape index (κ2) is 6.73. The van der Waals surface area contributed by atoms with Crippen molar-refractivity contribution in [2.45, 2.75) is 65.2 Å². The SMILES string of the molecule is CCC(CC)C(CC(=O)CC1CCC1C1CC1)C(=O)O. The Balaban J connectivity index is 1.83. The quantitative estimate of drug-likeness (QED) is 0.696. The number of rotatable bonds is 9. The Kier molecular flexibility index (Phi) is 5.22. The highest BCUT2D eigenvalue weighted by Crippen LogP contribution is 2.51. The fourth-order valence-electron chi connectivity index (χ4n) is 3.93. The molecule has 3 unspecified atom stereocenters. The van der Waals surface area contributed by atoms with Crippen molar-refractivity contribution < 1.29 is 14.7 Å². The fourth-order valence-corrected chi connectivity index (χ4v) is 3.93. The van der Waals surface area contributed by atoms with E-state index in [1.165, 1.54) is 25.7 Å². The maximum absolute atomic E-state index is 12.2. The second-order valence-corrected chi connectivity index (χ2v) is 6.81. The molecule has 3 atom stereocenters. The molecule has 2 saturated carbocycles. The molecule has 2 aliphatic carbocycles. The maximum atomic E-state index is 12.2. The number of hydrogen-bond acceptors (Lipinski definition) is 2. The van der Waals surface area contributed by atoms with E-state index in [4.69, 9.17) is 0 Å². The number of aliphatic carboxylic acids is 1. The van der Waals surface area contributed by atoms with E-state index in [1.807, 2.05) is 13.8 Å². The van der Waals surface area contributed by atoms with Gasteiger partial charge in [0.2, 0.25) is 0 Å². The van der Waals surface area contributed by atoms with Crippen LogP contribution in [-0.4, -0.2) is 16.9 Å². The molecular weight excluding hydrogens is 252 g/mol. The zero-order valence-electron chi connectivity index (χ0n) is 12.8. The van der Waals surface area contributed by atoms with Gasteiger partial charge in [-0.05, 0) is 49.4 Å². The molecule has 2 aliphatic rings. The monoisotopic (exact) mass is 280 g/mol. The highest BCUT2D eigenvalue weighted by Gasteiger charge is 2.42. The Morgan fingerprint density at radius 3 is 2.15 bits per heavy atom. The van der Waals surface area contributed by atoms with Crippen LogP contribution in [0.1, 0.15) is 65.2 Å². The van der Waals surface area contributed by atoms with Crippen molar-refractivity contribution in [3.8, 4) is 0 Å². The third-order valence-electron chi connectivity index (χ3n) is 5.58. The van der Waals surface area contributed by atoms with E-state index in [0.29, 0.717) is 12.3 Å². The molecular formula is C17H28O3. The number of ketones is 1. The molecule has 0 aromatic carbocycles. The zero-order valence-corrected chi connectivity index (χ0v) is 12.8. The van der Waals surface area contributed by atoms with Gasteiger partial charge in [-0.2, -0.15) is 0 Å². The van der Waals surface area contributed by atoms with Crippen LogP contribution in [-0.2, 0) is 9.59 Å². The van der Waals surface area contributed by atoms with Gasteiger partial charge in [0.15, 0.2) is 0 Å². The van der Waals surface area contributed by atoms with Gasteiger partial charge in [-0.25, -0.2) is 0 Å². The molecule has 0 amide bonds. The minimum absolute atomic E-state index is 0.136. The number of Topliss-reactive ketones (excluding diaryl/α,β-unsaturated/α-hetero) is 1. The molecule has 2 rings (SSSR count). The Hall–Kier alpha value is -0.860. The van der Waals surface area contributed by atoms with Crippen LogP contribution in [0.4, 0.5) is 0 Å². The lowest BCUT2D eigenvalue weighted by molar-refractivity contribution is -0.146. The van der Waals surface area contributed by atoms with Crippen molar-refractivity contribution in [3.63, 3.8) is 0 Å². The van der Waals surface area contributed by atoms with Gasteiger partial charge >= 0.3 is 5.97 Å². The third kappa shape index (κ3) is 3.62. The van der Waals surface area contributed by atoms with Gasteiger partial charge in [0.05, 0.1) is 5.92 Å². The van der Waals surface area contributed by atoms with Crippen molar-refractivity contribution >= 4 is 11.8 Å². The summed E-state index contributed by atoms with van der Waals surface area (Å²) in [6.45, 7) is 4.03. The Labute approximate surface area is 122 Å². The summed E-state index contributed by atoms with van der Waals surface area (Å²) in [5, 5.41) is 9.36. The topological polar surface area (TPSA) is 54.4 Å². The molecule has 20 heavy (non-hydrogen) atoms. The largest absolute Gasteiger partial charge is 0.481 e. The van der Waals surface area contributed by atoms with Gasteiger partial charge in [-0.15, -0.1) is 0 Å². The lowest BCUT2D eigenvalue weighted by Crippen LogP contribution is -2.32. The fraction of sp³-hybridized carbons (Fsp3) is 0.882. The normalized spacial score (nSPS) is 27.1. The van der Waals surface area contributed by atoms with Crippen LogP contribution >= 0.6 is 0 Å². The summed E-state index contributed by atoms with van der Waals surface area (Å²) in [6.07, 6.45) is 7.72. The first-order chi connectivity index (χ1) is 9.56. The van der Waals surface area contributed by atoms with Gasteiger partial charge < -0.3 is 5.11 Å². The standard InChI is InChI=1S/C17H28O3/c1-3-11(4-2)16(17(19)20)10-14(18)9-13-7-8-15(13)12-5-6-12/h11-13,15-16H,3-10H2,1-2H3,(H,19,20). The van der Waals surface area contributed by atoms with Crippen LogP contribution < -0.4 is 0 Å². The molecule has 1 N–H and O–H groups in total. The summed E-state index contributed by atoms with van der Waals surface area (Å²) in [4.78, 5) is 23.6. The first-order valence-electron chi connectivity index (χ1n) is 8.31. The number of hydrogen-bond donors (Lipinski definition) is 1. The molecule has 0 saturated heterocycles. The van der Waals surface area contributed by atoms with E-state index in [2.05, 4.69) is 0 Å². The van der Waals surface area contributed by atoms with Crippen molar-refractivity contribution in [1.82, 2.24) is 0 Å². The van der Waals surface area contributed by atoms with Gasteiger partial charge in [0.25, 0.3) is 0 Å². The van der Waals surface area contributed by atoms with E-state index in [-0.39, 0.29) is 18.1 Å². The van der Waals surface area contributed by atoms with Crippen molar-refractivity contribution in [1.29, 1.82) is 0 Å². The first kappa shape index (κ1) is 15.5. The van der Waals surface area contributed by atoms with E-state index < -0.39 is 11.9 Å². The second-order valence-electron chi connectivity index (χ2n) is 6.81. The molecule has 114 valence electrons. The van der Waals surface area contributed by atoms with E-state index in [1.54, 1.807) is 0 Å². The van der Waals surface area contributed by atoms with Gasteiger partial charge in [-0.3, -0.25) is 9.59 Å². The summed E-state index contributed by atoms with van der Waals surface area (Å²) >= 11 is 0. The molecule has 0 heterocycles. The van der Waals surface area contributed by atoms with Crippen LogP contribution in [0.3, 0.4) is 0 Å². The van der Waals surface area contributed by atoms with E-state index in [9.17, 15) is 14.7 Å². The Morgan fingerprint density at radius 1 is 1.10 bits per heavy atom. The van der Waals surface area contributed by atoms with Crippen LogP contribution in [0, 0.1) is 29.6 Å². The van der Waals surface area contributed by atoms with Crippen molar-refractivity contribution in [3.05, 3.63) is 0 Å². The highest BCUT2D eigenvalue weighted by atomic mass is 16.4. The minimum atomic E-state index is -0.792. The average Bonchev–Trinajstić information content (AvgIpc) is 3.19. The summed E-state index contributed by atoms with van der Waals surface area (Å²) in [5.41, 5.74) is 0. The van der Waals surface area contributed by atoms with E-state index in [0.717, 1.165) is 24.7 Å². The molecule has 0 bridgehead atoms. The number of carbonyl (C=O) groups excluding carboxylic acids is 1. The minimum Gasteiger partial charge on any atom is -0.481 e. The van der Waals surface area contributed by atoms with Crippen molar-refractivity contribution in [2.75, 3.05) is 0 Å². The number of carboxylic acid groups (broad SMARTS) is 1. The lowest BCUT2D eigenvalue weighted by atomic mass is 9.68. The molecule has 2 fully saturated rings. The van der Waals surface area contributed by atoms with Crippen LogP contribution in [0.2, 0.25) is 0 Å². The zero-order chi connectivity index (χ0) is 14.7. The Morgan fingerprint density at radius 2 is 1.75 bits per heavy atom. The number of carboxylic acids is 1. The molecule has 0 radical (unpaired) electrons. The Bertz CT molecular complexity index is 355. The lowest BCUT2D eigenvalue weighted by Gasteiger charge is -2.37. The van der Waals surface area contributed by atoms with Crippen LogP contribution in [0.25, 0.3) is 0 Å². The van der Waals surface area contributed by atoms with E-state index >= 15 is 0 Å². The predicted octanol–water partition coefficient (Wildman–Crippen LogP) is 3.91. The third-order valence-corrected chi connectivity index (χ3v) is 5.58. The molecule has 3 heteroatoms. The summed E-state index contributed by atoms with van der Waals surface area (Å²) in [6, 6.07) is 0. The summed E-state index contributed by atoms with van der Waals surface area (Å²) in [5.74, 6) is 1.27. The average molecular weight is 280 g/mol. The first-order valence-corrected chi connectivity index (χ1v) is 8.31. The molecule has 0 spiro atoms. The van der Waals surface area contributed by atoms with Gasteiger partial charge in [0, 0.05) is 12.8 Å². The predicted molar refractivity (Wildman–Crippen MR) is 78.4 cm³/mol. The summed E-state index contributed by atoms with van der Waals surface area (Å²) < 4.78 is 0. The van der Waals surface area contributed by atoms with Crippen LogP contribution in [0.15, 0.2) is 0 Å².